The largest absolute Gasteiger partial charge is 0.365 e. The number of hydrogen-bond donors (Lipinski definition) is 1. The van der Waals surface area contributed by atoms with Crippen LogP contribution < -0.4 is 10.2 Å². The smallest absolute Gasteiger partial charge is 0.292 e. The second-order valence-corrected chi connectivity index (χ2v) is 4.97. The van der Waals surface area contributed by atoms with Gasteiger partial charge in [-0.05, 0) is 17.9 Å². The number of nitro groups is 1. The normalized spacial score (nSPS) is 26.4. The third-order valence-corrected chi connectivity index (χ3v) is 3.86. The molecule has 2 heterocycles. The molecule has 18 heavy (non-hydrogen) atoms. The predicted molar refractivity (Wildman–Crippen MR) is 65.1 cm³/mol. The van der Waals surface area contributed by atoms with E-state index in [4.69, 9.17) is 0 Å². The summed E-state index contributed by atoms with van der Waals surface area (Å²) in [5.41, 5.74) is 0.402. The fourth-order valence-corrected chi connectivity index (χ4v) is 2.96. The van der Waals surface area contributed by atoms with Crippen LogP contribution in [0.5, 0.6) is 0 Å². The van der Waals surface area contributed by atoms with Crippen LogP contribution in [0.2, 0.25) is 0 Å². The second-order valence-electron chi connectivity index (χ2n) is 4.97. The maximum atomic E-state index is 13.3. The maximum absolute atomic E-state index is 13.3. The quantitative estimate of drug-likeness (QED) is 0.637. The molecule has 2 aliphatic rings. The topological polar surface area (TPSA) is 58.4 Å². The molecule has 2 atom stereocenters. The van der Waals surface area contributed by atoms with Gasteiger partial charge in [-0.15, -0.1) is 0 Å². The molecule has 0 bridgehead atoms. The van der Waals surface area contributed by atoms with E-state index in [1.807, 2.05) is 4.90 Å². The van der Waals surface area contributed by atoms with Gasteiger partial charge in [-0.3, -0.25) is 10.1 Å². The lowest BCUT2D eigenvalue weighted by molar-refractivity contribution is -0.384. The van der Waals surface area contributed by atoms with Crippen LogP contribution in [0.4, 0.5) is 15.8 Å². The summed E-state index contributed by atoms with van der Waals surface area (Å²) in [4.78, 5) is 12.5. The van der Waals surface area contributed by atoms with Crippen molar-refractivity contribution < 1.29 is 9.31 Å². The Morgan fingerprint density at radius 3 is 2.61 bits per heavy atom. The van der Waals surface area contributed by atoms with E-state index in [1.165, 1.54) is 12.1 Å². The van der Waals surface area contributed by atoms with Crippen molar-refractivity contribution >= 4 is 11.4 Å². The Labute approximate surface area is 104 Å². The van der Waals surface area contributed by atoms with E-state index in [2.05, 4.69) is 5.32 Å². The summed E-state index contributed by atoms with van der Waals surface area (Å²) < 4.78 is 13.3. The highest BCUT2D eigenvalue weighted by molar-refractivity contribution is 5.64. The fraction of sp³-hybridized carbons (Fsp3) is 0.500. The van der Waals surface area contributed by atoms with Gasteiger partial charge in [0.1, 0.15) is 11.5 Å². The molecule has 1 aromatic carbocycles. The number of halogens is 1. The highest BCUT2D eigenvalue weighted by atomic mass is 19.1. The van der Waals surface area contributed by atoms with Crippen LogP contribution in [0.15, 0.2) is 18.2 Å². The minimum absolute atomic E-state index is 0.00988. The molecule has 5 nitrogen and oxygen atoms in total. The molecule has 0 saturated carbocycles. The highest BCUT2D eigenvalue weighted by Gasteiger charge is 2.38. The standard InChI is InChI=1S/C12H14FN3O2/c13-10-1-2-11(16(17)18)12(3-10)15-6-8-4-14-5-9(8)7-15/h1-3,8-9,14H,4-7H2. The van der Waals surface area contributed by atoms with Crippen molar-refractivity contribution in [2.75, 3.05) is 31.1 Å². The summed E-state index contributed by atoms with van der Waals surface area (Å²) in [7, 11) is 0. The number of nitrogens with one attached hydrogen (secondary N) is 1. The zero-order valence-corrected chi connectivity index (χ0v) is 9.80. The van der Waals surface area contributed by atoms with Gasteiger partial charge in [0.25, 0.3) is 5.69 Å². The fourth-order valence-electron chi connectivity index (χ4n) is 2.96. The number of fused-ring (bicyclic) bond motifs is 1. The summed E-state index contributed by atoms with van der Waals surface area (Å²) in [5.74, 6) is 0.617. The van der Waals surface area contributed by atoms with Gasteiger partial charge in [0.05, 0.1) is 4.92 Å². The molecular weight excluding hydrogens is 237 g/mol. The van der Waals surface area contributed by atoms with Crippen LogP contribution in [0, 0.1) is 27.8 Å². The Morgan fingerprint density at radius 1 is 1.33 bits per heavy atom. The van der Waals surface area contributed by atoms with Gasteiger partial charge in [-0.1, -0.05) is 0 Å². The number of hydrogen-bond acceptors (Lipinski definition) is 4. The number of nitro benzene ring substituents is 1. The first-order valence-corrected chi connectivity index (χ1v) is 6.05. The Kier molecular flexibility index (Phi) is 2.66. The molecule has 2 fully saturated rings. The van der Waals surface area contributed by atoms with E-state index < -0.39 is 10.7 Å². The zero-order chi connectivity index (χ0) is 12.7. The highest BCUT2D eigenvalue weighted by Crippen LogP contribution is 2.35. The summed E-state index contributed by atoms with van der Waals surface area (Å²) >= 11 is 0. The van der Waals surface area contributed by atoms with Crippen LogP contribution in [-0.4, -0.2) is 31.1 Å². The molecule has 1 aromatic rings. The Hall–Kier alpha value is -1.69. The summed E-state index contributed by atoms with van der Waals surface area (Å²) in [6.45, 7) is 3.43. The van der Waals surface area contributed by atoms with E-state index in [1.54, 1.807) is 0 Å². The van der Waals surface area contributed by atoms with Crippen LogP contribution >= 0.6 is 0 Å². The third-order valence-electron chi connectivity index (χ3n) is 3.86. The van der Waals surface area contributed by atoms with Crippen LogP contribution in [0.3, 0.4) is 0 Å². The monoisotopic (exact) mass is 251 g/mol. The van der Waals surface area contributed by atoms with Crippen molar-refractivity contribution in [1.82, 2.24) is 5.32 Å². The van der Waals surface area contributed by atoms with Crippen molar-refractivity contribution in [2.24, 2.45) is 11.8 Å². The van der Waals surface area contributed by atoms with Gasteiger partial charge in [0, 0.05) is 38.3 Å². The average molecular weight is 251 g/mol. The number of nitrogens with zero attached hydrogens (tertiary/aromatic N) is 2. The maximum Gasteiger partial charge on any atom is 0.292 e. The Morgan fingerprint density at radius 2 is 2.00 bits per heavy atom. The molecule has 0 aromatic heterocycles. The molecule has 2 unspecified atom stereocenters. The Balaban J connectivity index is 1.92. The van der Waals surface area contributed by atoms with Crippen molar-refractivity contribution in [3.8, 4) is 0 Å². The van der Waals surface area contributed by atoms with E-state index >= 15 is 0 Å². The lowest BCUT2D eigenvalue weighted by Gasteiger charge is -2.19. The second kappa shape index (κ2) is 4.20. The van der Waals surface area contributed by atoms with Crippen molar-refractivity contribution in [1.29, 1.82) is 0 Å². The van der Waals surface area contributed by atoms with Crippen molar-refractivity contribution in [2.45, 2.75) is 0 Å². The number of anilines is 1. The third kappa shape index (κ3) is 1.82. The molecule has 0 radical (unpaired) electrons. The van der Waals surface area contributed by atoms with Gasteiger partial charge >= 0.3 is 0 Å². The van der Waals surface area contributed by atoms with Gasteiger partial charge < -0.3 is 10.2 Å². The summed E-state index contributed by atoms with van der Waals surface area (Å²) in [6.07, 6.45) is 0. The molecule has 96 valence electrons. The van der Waals surface area contributed by atoms with Gasteiger partial charge in [-0.2, -0.15) is 0 Å². The van der Waals surface area contributed by atoms with Gasteiger partial charge in [-0.25, -0.2) is 4.39 Å². The molecule has 0 spiro atoms. The van der Waals surface area contributed by atoms with Gasteiger partial charge in [0.15, 0.2) is 0 Å². The molecule has 6 heteroatoms. The first-order chi connectivity index (χ1) is 8.65. The molecule has 0 aliphatic carbocycles. The summed E-state index contributed by atoms with van der Waals surface area (Å²) in [6, 6.07) is 3.66. The lowest BCUT2D eigenvalue weighted by Crippen LogP contribution is -2.26. The van der Waals surface area contributed by atoms with Crippen LogP contribution in [-0.2, 0) is 0 Å². The Bertz CT molecular complexity index is 482. The van der Waals surface area contributed by atoms with Crippen molar-refractivity contribution in [3.05, 3.63) is 34.1 Å². The van der Waals surface area contributed by atoms with E-state index in [0.717, 1.165) is 32.2 Å². The van der Waals surface area contributed by atoms with Gasteiger partial charge in [0.2, 0.25) is 0 Å². The minimum atomic E-state index is -0.443. The molecule has 1 N–H and O–H groups in total. The lowest BCUT2D eigenvalue weighted by atomic mass is 10.0. The minimum Gasteiger partial charge on any atom is -0.365 e. The van der Waals surface area contributed by atoms with E-state index in [9.17, 15) is 14.5 Å². The summed E-state index contributed by atoms with van der Waals surface area (Å²) in [5, 5.41) is 14.3. The SMILES string of the molecule is O=[N+]([O-])c1ccc(F)cc1N1CC2CNCC2C1. The first kappa shape index (κ1) is 11.4. The van der Waals surface area contributed by atoms with Crippen LogP contribution in [0.1, 0.15) is 0 Å². The molecule has 3 rings (SSSR count). The molecule has 0 amide bonds. The van der Waals surface area contributed by atoms with E-state index in [0.29, 0.717) is 17.5 Å². The predicted octanol–water partition coefficient (Wildman–Crippen LogP) is 1.39. The number of benzene rings is 1. The number of rotatable bonds is 2. The zero-order valence-electron chi connectivity index (χ0n) is 9.80. The van der Waals surface area contributed by atoms with E-state index in [-0.39, 0.29) is 5.69 Å². The van der Waals surface area contributed by atoms with Crippen LogP contribution in [0.25, 0.3) is 0 Å². The first-order valence-electron chi connectivity index (χ1n) is 6.05. The molecule has 2 aliphatic heterocycles. The molecule has 2 saturated heterocycles. The molecular formula is C12H14FN3O2. The van der Waals surface area contributed by atoms with Crippen molar-refractivity contribution in [3.63, 3.8) is 0 Å². The average Bonchev–Trinajstić information content (AvgIpc) is 2.88.